The third kappa shape index (κ3) is 14.4. The van der Waals surface area contributed by atoms with Gasteiger partial charge in [0, 0.05) is 85.2 Å². The first-order valence-electron chi connectivity index (χ1n) is 26.4. The molecule has 0 aliphatic carbocycles. The lowest BCUT2D eigenvalue weighted by molar-refractivity contribution is -0.345. The lowest BCUT2D eigenvalue weighted by Crippen LogP contribution is -2.59. The van der Waals surface area contributed by atoms with Gasteiger partial charge in [-0.25, -0.2) is 9.59 Å². The molecule has 0 aromatic carbocycles. The Bertz CT molecular complexity index is 1710. The molecule has 4 saturated heterocycles. The minimum Gasteiger partial charge on any atom is -0.458 e. The summed E-state index contributed by atoms with van der Waals surface area (Å²) in [6, 6.07) is 0. The molecule has 26 unspecified atom stereocenters. The molecule has 0 aromatic heterocycles. The first-order valence-corrected chi connectivity index (χ1v) is 26.4. The first-order chi connectivity index (χ1) is 33.7. The summed E-state index contributed by atoms with van der Waals surface area (Å²) in [5, 5.41) is 89.6. The predicted octanol–water partition coefficient (Wildman–Crippen LogP) is 4.12. The molecule has 0 saturated carbocycles. The van der Waals surface area contributed by atoms with Crippen LogP contribution in [-0.4, -0.2) is 162 Å². The lowest BCUT2D eigenvalue weighted by atomic mass is 9.76. The van der Waals surface area contributed by atoms with Crippen molar-refractivity contribution in [3.63, 3.8) is 0 Å². The number of esters is 2. The maximum absolute atomic E-state index is 13.5. The molecule has 0 amide bonds. The molecule has 412 valence electrons. The fourth-order valence-electron chi connectivity index (χ4n) is 11.6. The monoisotopic (exact) mass is 1020 g/mol. The summed E-state index contributed by atoms with van der Waals surface area (Å²) < 4.78 is 49.1. The van der Waals surface area contributed by atoms with Gasteiger partial charge in [0.25, 0.3) is 0 Å². The highest BCUT2D eigenvalue weighted by Gasteiger charge is 2.54. The fourth-order valence-corrected chi connectivity index (χ4v) is 11.6. The molecule has 0 aromatic rings. The summed E-state index contributed by atoms with van der Waals surface area (Å²) in [6.07, 6.45) is -0.317. The lowest BCUT2D eigenvalue weighted by Gasteiger charge is -2.50. The molecule has 4 fully saturated rings. The summed E-state index contributed by atoms with van der Waals surface area (Å²) in [5.41, 5.74) is 0. The van der Waals surface area contributed by atoms with E-state index < -0.39 is 157 Å². The quantitative estimate of drug-likeness (QED) is 0.114. The van der Waals surface area contributed by atoms with Gasteiger partial charge in [0.2, 0.25) is 0 Å². The highest BCUT2D eigenvalue weighted by molar-refractivity contribution is 5.83. The Labute approximate surface area is 426 Å². The molecule has 72 heavy (non-hydrogen) atoms. The van der Waals surface area contributed by atoms with Crippen molar-refractivity contribution in [3.8, 4) is 0 Å². The van der Waals surface area contributed by atoms with E-state index in [1.54, 1.807) is 79.7 Å². The molecule has 5 aliphatic heterocycles. The van der Waals surface area contributed by atoms with Crippen molar-refractivity contribution in [3.05, 3.63) is 48.6 Å². The van der Waals surface area contributed by atoms with E-state index in [1.165, 1.54) is 24.3 Å². The number of rotatable bonds is 14. The Morgan fingerprint density at radius 3 is 1.25 bits per heavy atom. The van der Waals surface area contributed by atoms with Gasteiger partial charge in [-0.1, -0.05) is 91.8 Å². The molecule has 0 spiro atoms. The van der Waals surface area contributed by atoms with Crippen LogP contribution < -0.4 is 0 Å². The number of ether oxygens (including phenoxy) is 8. The second-order valence-electron chi connectivity index (χ2n) is 21.7. The minimum absolute atomic E-state index is 0.0264. The summed E-state index contributed by atoms with van der Waals surface area (Å²) >= 11 is 0. The van der Waals surface area contributed by atoms with Crippen molar-refractivity contribution in [2.45, 2.75) is 231 Å². The maximum atomic E-state index is 13.5. The Kier molecular flexibility index (Phi) is 21.7. The largest absolute Gasteiger partial charge is 0.458 e. The van der Waals surface area contributed by atoms with Gasteiger partial charge < -0.3 is 78.7 Å². The molecule has 5 rings (SSSR count). The normalized spacial score (nSPS) is 46.1. The van der Waals surface area contributed by atoms with Crippen molar-refractivity contribution in [1.29, 1.82) is 0 Å². The predicted molar refractivity (Wildman–Crippen MR) is 263 cm³/mol. The van der Waals surface area contributed by atoms with Crippen LogP contribution in [0.4, 0.5) is 0 Å². The molecule has 0 bridgehead atoms. The number of allylic oxidation sites excluding steroid dienone is 4. The van der Waals surface area contributed by atoms with Crippen molar-refractivity contribution in [2.75, 3.05) is 0 Å². The van der Waals surface area contributed by atoms with E-state index in [1.807, 2.05) is 27.7 Å². The molecule has 26 atom stereocenters. The third-order valence-electron chi connectivity index (χ3n) is 16.5. The second-order valence-corrected chi connectivity index (χ2v) is 21.7. The zero-order chi connectivity index (χ0) is 53.6. The van der Waals surface area contributed by atoms with Gasteiger partial charge in [-0.2, -0.15) is 0 Å². The van der Waals surface area contributed by atoms with Crippen LogP contribution in [-0.2, 0) is 47.5 Å². The number of carbonyl (C=O) groups excluding carboxylic acids is 2. The van der Waals surface area contributed by atoms with E-state index in [0.29, 0.717) is 12.8 Å². The van der Waals surface area contributed by atoms with E-state index in [0.717, 1.165) is 0 Å². The Hall–Kier alpha value is -2.66. The fraction of sp³-hybridized carbons (Fsp3) is 0.815. The van der Waals surface area contributed by atoms with Gasteiger partial charge >= 0.3 is 11.9 Å². The highest BCUT2D eigenvalue weighted by Crippen LogP contribution is 2.45. The van der Waals surface area contributed by atoms with Crippen molar-refractivity contribution >= 4 is 11.9 Å². The average Bonchev–Trinajstić information content (AvgIpc) is 3.31. The number of aliphatic hydroxyl groups excluding tert-OH is 6. The van der Waals surface area contributed by atoms with E-state index in [2.05, 4.69) is 0 Å². The van der Waals surface area contributed by atoms with E-state index in [4.69, 9.17) is 37.9 Å². The van der Waals surface area contributed by atoms with Crippen molar-refractivity contribution in [1.82, 2.24) is 0 Å². The highest BCUT2D eigenvalue weighted by atomic mass is 16.7. The van der Waals surface area contributed by atoms with Crippen LogP contribution in [0, 0.1) is 47.3 Å². The zero-order valence-corrected chi connectivity index (χ0v) is 44.4. The zero-order valence-electron chi connectivity index (χ0n) is 44.4. The summed E-state index contributed by atoms with van der Waals surface area (Å²) in [4.78, 5) is 27.0. The van der Waals surface area contributed by atoms with Gasteiger partial charge in [0.1, 0.15) is 24.4 Å². The van der Waals surface area contributed by atoms with E-state index in [-0.39, 0.29) is 37.5 Å². The Balaban J connectivity index is 1.28. The second kappa shape index (κ2) is 25.9. The van der Waals surface area contributed by atoms with Crippen LogP contribution in [0.25, 0.3) is 0 Å². The smallest absolute Gasteiger partial charge is 0.331 e. The summed E-state index contributed by atoms with van der Waals surface area (Å²) in [7, 11) is 0. The molecule has 8 N–H and O–H groups in total. The summed E-state index contributed by atoms with van der Waals surface area (Å²) in [6.45, 7) is 21.3. The van der Waals surface area contributed by atoms with Crippen molar-refractivity contribution in [2.24, 2.45) is 47.3 Å². The van der Waals surface area contributed by atoms with Crippen LogP contribution in [0.3, 0.4) is 0 Å². The SMILES string of the molecule is CCC1C(C)OC(O)(C(C)C(O)C(C)C2OC(=O)/C=C\C=C/C(C)C(C(C)C(O)C(C)C3(O)CC(OC4CC(O)C(O)C(C)O4)C(CC)C(C)O3)OC(=O)/C=C\C=C/C2C)CC1OC1CC(O)C(O)C(C)O1. The number of hydrogen-bond acceptors (Lipinski definition) is 18. The van der Waals surface area contributed by atoms with Crippen molar-refractivity contribution < 1.29 is 88.3 Å². The Morgan fingerprint density at radius 2 is 0.931 bits per heavy atom. The third-order valence-corrected chi connectivity index (χ3v) is 16.5. The molecule has 18 nitrogen and oxygen atoms in total. The summed E-state index contributed by atoms with van der Waals surface area (Å²) in [5.74, 6) is -9.84. The van der Waals surface area contributed by atoms with Crippen LogP contribution >= 0.6 is 0 Å². The van der Waals surface area contributed by atoms with E-state index in [9.17, 15) is 50.4 Å². The van der Waals surface area contributed by atoms with Gasteiger partial charge in [-0.3, -0.25) is 0 Å². The molecular weight excluding hydrogens is 937 g/mol. The number of carbonyl (C=O) groups is 2. The Morgan fingerprint density at radius 1 is 0.583 bits per heavy atom. The molecular formula is C54H88O18. The van der Waals surface area contributed by atoms with E-state index >= 15 is 0 Å². The molecule has 0 radical (unpaired) electrons. The van der Waals surface area contributed by atoms with Gasteiger partial charge in [-0.15, -0.1) is 0 Å². The average molecular weight is 1030 g/mol. The van der Waals surface area contributed by atoms with Gasteiger partial charge in [-0.05, 0) is 40.5 Å². The van der Waals surface area contributed by atoms with Crippen LogP contribution in [0.1, 0.15) is 122 Å². The first kappa shape index (κ1) is 60.2. The van der Waals surface area contributed by atoms with Crippen LogP contribution in [0.5, 0.6) is 0 Å². The van der Waals surface area contributed by atoms with Gasteiger partial charge in [0.15, 0.2) is 24.2 Å². The number of cyclic esters (lactones) is 2. The van der Waals surface area contributed by atoms with Crippen LogP contribution in [0.15, 0.2) is 48.6 Å². The molecule has 5 aliphatic rings. The van der Waals surface area contributed by atoms with Gasteiger partial charge in [0.05, 0.1) is 61.0 Å². The molecule has 5 heterocycles. The standard InChI is InChI=1S/C54H88O18/c1-13-37-33(9)71-53(63,25-41(37)67-45-23-39(55)49(61)35(11)65-45)31(7)47(59)29(5)51-27(3)19-15-17-22-44(58)70-52(28(4)20-16-18-21-43(57)69-51)30(6)48(60)32(8)54(64)26-42(38(14-2)34(10)72-54)68-46-24-40(56)50(62)36(12)66-46/h15-22,27-42,45-52,55-56,59-64H,13-14,23-26H2,1-12H3/b19-15-,20-16-,21-18-,22-17-. The maximum Gasteiger partial charge on any atom is 0.331 e. The topological polar surface area (TPSA) is 270 Å². The number of hydrogen-bond donors (Lipinski definition) is 8. The molecule has 18 heteroatoms. The minimum atomic E-state index is -1.88. The number of aliphatic hydroxyl groups is 8. The van der Waals surface area contributed by atoms with Crippen LogP contribution in [0.2, 0.25) is 0 Å².